The molecular formula is C15H13NO7S. The fourth-order valence-electron chi connectivity index (χ4n) is 1.82. The van der Waals surface area contributed by atoms with E-state index in [0.717, 1.165) is 0 Å². The highest BCUT2D eigenvalue weighted by Crippen LogP contribution is 2.32. The Kier molecular flexibility index (Phi) is 5.24. The highest BCUT2D eigenvalue weighted by molar-refractivity contribution is 8.18. The van der Waals surface area contributed by atoms with Gasteiger partial charge in [0.2, 0.25) is 0 Å². The maximum atomic E-state index is 12.0. The molecule has 2 rings (SSSR count). The molecule has 0 radical (unpaired) electrons. The predicted octanol–water partition coefficient (Wildman–Crippen LogP) is 1.66. The molecule has 1 saturated heterocycles. The average Bonchev–Trinajstić information content (AvgIpc) is 2.76. The van der Waals surface area contributed by atoms with Gasteiger partial charge in [0.15, 0.2) is 6.10 Å². The minimum absolute atomic E-state index is 0.119. The number of imide groups is 1. The molecule has 0 aromatic heterocycles. The smallest absolute Gasteiger partial charge is 0.344 e. The van der Waals surface area contributed by atoms with Crippen molar-refractivity contribution in [2.75, 3.05) is 6.54 Å². The van der Waals surface area contributed by atoms with Crippen LogP contribution < -0.4 is 4.74 Å². The van der Waals surface area contributed by atoms with Crippen molar-refractivity contribution in [2.24, 2.45) is 0 Å². The molecule has 8 nitrogen and oxygen atoms in total. The fourth-order valence-corrected chi connectivity index (χ4v) is 2.66. The molecule has 1 unspecified atom stereocenters. The summed E-state index contributed by atoms with van der Waals surface area (Å²) in [4.78, 5) is 45.8. The number of benzene rings is 1. The molecule has 0 aliphatic carbocycles. The van der Waals surface area contributed by atoms with Gasteiger partial charge in [-0.2, -0.15) is 0 Å². The highest BCUT2D eigenvalue weighted by Gasteiger charge is 2.36. The third kappa shape index (κ3) is 4.13. The number of thioether (sulfide) groups is 1. The second-order valence-electron chi connectivity index (χ2n) is 4.83. The number of carboxylic acids is 2. The zero-order valence-electron chi connectivity index (χ0n) is 12.5. The Morgan fingerprint density at radius 1 is 1.25 bits per heavy atom. The van der Waals surface area contributed by atoms with Gasteiger partial charge < -0.3 is 14.9 Å². The zero-order valence-corrected chi connectivity index (χ0v) is 13.3. The Morgan fingerprint density at radius 2 is 1.88 bits per heavy atom. The van der Waals surface area contributed by atoms with Crippen LogP contribution in [0.5, 0.6) is 5.75 Å². The first kappa shape index (κ1) is 17.5. The SMILES string of the molecule is CC(Oc1ccc(/C=C2\SC(=O)N(CC(=O)O)C2=O)cc1)C(=O)O. The molecule has 126 valence electrons. The molecule has 1 atom stereocenters. The van der Waals surface area contributed by atoms with Crippen LogP contribution in [0.1, 0.15) is 12.5 Å². The summed E-state index contributed by atoms with van der Waals surface area (Å²) in [6.07, 6.45) is 0.459. The van der Waals surface area contributed by atoms with Crippen molar-refractivity contribution in [3.05, 3.63) is 34.7 Å². The molecule has 9 heteroatoms. The zero-order chi connectivity index (χ0) is 17.9. The summed E-state index contributed by atoms with van der Waals surface area (Å²) < 4.78 is 5.18. The molecule has 1 fully saturated rings. The van der Waals surface area contributed by atoms with Crippen LogP contribution in [0.3, 0.4) is 0 Å². The molecule has 1 heterocycles. The summed E-state index contributed by atoms with van der Waals surface area (Å²) in [7, 11) is 0. The molecule has 1 aromatic carbocycles. The van der Waals surface area contributed by atoms with Gasteiger partial charge in [0.25, 0.3) is 11.1 Å². The third-order valence-corrected chi connectivity index (χ3v) is 3.91. The van der Waals surface area contributed by atoms with E-state index in [4.69, 9.17) is 14.9 Å². The standard InChI is InChI=1S/C15H13NO7S/c1-8(14(20)21)23-10-4-2-9(3-5-10)6-11-13(19)16(7-12(17)18)15(22)24-11/h2-6,8H,7H2,1H3,(H,17,18)(H,20,21)/b11-6-. The second kappa shape index (κ2) is 7.18. The van der Waals surface area contributed by atoms with Crippen LogP contribution >= 0.6 is 11.8 Å². The third-order valence-electron chi connectivity index (χ3n) is 3.01. The molecule has 24 heavy (non-hydrogen) atoms. The van der Waals surface area contributed by atoms with Crippen molar-refractivity contribution in [1.29, 1.82) is 0 Å². The number of nitrogens with zero attached hydrogens (tertiary/aromatic N) is 1. The molecule has 0 spiro atoms. The van der Waals surface area contributed by atoms with Gasteiger partial charge in [-0.25, -0.2) is 4.79 Å². The van der Waals surface area contributed by atoms with Gasteiger partial charge in [-0.1, -0.05) is 12.1 Å². The second-order valence-corrected chi connectivity index (χ2v) is 5.82. The largest absolute Gasteiger partial charge is 0.480 e. The van der Waals surface area contributed by atoms with E-state index in [9.17, 15) is 19.2 Å². The topological polar surface area (TPSA) is 121 Å². The highest BCUT2D eigenvalue weighted by atomic mass is 32.2. The van der Waals surface area contributed by atoms with Gasteiger partial charge in [0, 0.05) is 0 Å². The Morgan fingerprint density at radius 3 is 2.42 bits per heavy atom. The van der Waals surface area contributed by atoms with E-state index in [-0.39, 0.29) is 4.91 Å². The maximum Gasteiger partial charge on any atom is 0.344 e. The van der Waals surface area contributed by atoms with Crippen molar-refractivity contribution in [3.63, 3.8) is 0 Å². The van der Waals surface area contributed by atoms with Crippen LogP contribution in [-0.4, -0.2) is 50.8 Å². The van der Waals surface area contributed by atoms with E-state index in [2.05, 4.69) is 0 Å². The van der Waals surface area contributed by atoms with Crippen LogP contribution in [0.2, 0.25) is 0 Å². The van der Waals surface area contributed by atoms with E-state index in [1.807, 2.05) is 0 Å². The first-order valence-electron chi connectivity index (χ1n) is 6.74. The predicted molar refractivity (Wildman–Crippen MR) is 84.5 cm³/mol. The van der Waals surface area contributed by atoms with E-state index >= 15 is 0 Å². The molecule has 2 N–H and O–H groups in total. The molecule has 1 aromatic rings. The number of amides is 2. The van der Waals surface area contributed by atoms with Gasteiger partial charge in [-0.3, -0.25) is 19.3 Å². The summed E-state index contributed by atoms with van der Waals surface area (Å²) in [5.74, 6) is -2.67. The van der Waals surface area contributed by atoms with E-state index in [1.54, 1.807) is 12.1 Å². The number of carboxylic acid groups (broad SMARTS) is 2. The average molecular weight is 351 g/mol. The van der Waals surface area contributed by atoms with Gasteiger partial charge in [-0.15, -0.1) is 0 Å². The summed E-state index contributed by atoms with van der Waals surface area (Å²) >= 11 is 0.664. The first-order chi connectivity index (χ1) is 11.3. The number of carbonyl (C=O) groups excluding carboxylic acids is 2. The van der Waals surface area contributed by atoms with Crippen molar-refractivity contribution < 1.29 is 34.1 Å². The Hall–Kier alpha value is -2.81. The lowest BCUT2D eigenvalue weighted by atomic mass is 10.2. The quantitative estimate of drug-likeness (QED) is 0.742. The van der Waals surface area contributed by atoms with Gasteiger partial charge in [-0.05, 0) is 42.5 Å². The van der Waals surface area contributed by atoms with Crippen molar-refractivity contribution >= 4 is 40.9 Å². The van der Waals surface area contributed by atoms with Crippen LogP contribution in [0, 0.1) is 0 Å². The molecular weight excluding hydrogens is 338 g/mol. The van der Waals surface area contributed by atoms with Crippen LogP contribution in [0.4, 0.5) is 4.79 Å². The minimum atomic E-state index is -1.27. The Labute approximate surface area is 140 Å². The normalized spacial score (nSPS) is 17.2. The maximum absolute atomic E-state index is 12.0. The Bertz CT molecular complexity index is 726. The molecule has 1 aliphatic heterocycles. The number of carbonyl (C=O) groups is 4. The van der Waals surface area contributed by atoms with E-state index < -0.39 is 35.7 Å². The van der Waals surface area contributed by atoms with Crippen molar-refractivity contribution in [1.82, 2.24) is 4.90 Å². The van der Waals surface area contributed by atoms with Crippen molar-refractivity contribution in [2.45, 2.75) is 13.0 Å². The van der Waals surface area contributed by atoms with Gasteiger partial charge >= 0.3 is 11.9 Å². The van der Waals surface area contributed by atoms with E-state index in [1.165, 1.54) is 25.1 Å². The fraction of sp³-hybridized carbons (Fsp3) is 0.200. The molecule has 1 aliphatic rings. The van der Waals surface area contributed by atoms with Crippen LogP contribution in [-0.2, 0) is 14.4 Å². The lowest BCUT2D eigenvalue weighted by molar-refractivity contribution is -0.144. The first-order valence-corrected chi connectivity index (χ1v) is 7.56. The van der Waals surface area contributed by atoms with Gasteiger partial charge in [0.1, 0.15) is 12.3 Å². The minimum Gasteiger partial charge on any atom is -0.480 e. The summed E-state index contributed by atoms with van der Waals surface area (Å²) in [6.45, 7) is 0.719. The molecule has 2 amide bonds. The summed E-state index contributed by atoms with van der Waals surface area (Å²) in [5, 5.41) is 16.8. The number of aliphatic carboxylic acids is 2. The van der Waals surface area contributed by atoms with Gasteiger partial charge in [0.05, 0.1) is 4.91 Å². The van der Waals surface area contributed by atoms with Crippen LogP contribution in [0.15, 0.2) is 29.2 Å². The summed E-state index contributed by atoms with van der Waals surface area (Å²) in [5.41, 5.74) is 0.589. The number of ether oxygens (including phenoxy) is 1. The lowest BCUT2D eigenvalue weighted by Gasteiger charge is -2.10. The lowest BCUT2D eigenvalue weighted by Crippen LogP contribution is -2.33. The van der Waals surface area contributed by atoms with Crippen molar-refractivity contribution in [3.8, 4) is 5.75 Å². The van der Waals surface area contributed by atoms with Crippen LogP contribution in [0.25, 0.3) is 6.08 Å². The monoisotopic (exact) mass is 351 g/mol. The number of rotatable bonds is 6. The van der Waals surface area contributed by atoms with E-state index in [0.29, 0.717) is 28.0 Å². The number of hydrogen-bond donors (Lipinski definition) is 2. The number of hydrogen-bond acceptors (Lipinski definition) is 6. The summed E-state index contributed by atoms with van der Waals surface area (Å²) in [6, 6.07) is 6.25. The molecule has 0 bridgehead atoms. The molecule has 0 saturated carbocycles. The Balaban J connectivity index is 2.11.